The molecule has 2 saturated carbocycles. The minimum atomic E-state index is 0.726. The van der Waals surface area contributed by atoms with Crippen molar-refractivity contribution < 1.29 is 0 Å². The van der Waals surface area contributed by atoms with E-state index in [1.807, 2.05) is 0 Å². The van der Waals surface area contributed by atoms with E-state index in [0.29, 0.717) is 0 Å². The lowest BCUT2D eigenvalue weighted by atomic mass is 9.82. The predicted octanol–water partition coefficient (Wildman–Crippen LogP) is 6.42. The number of aryl methyl sites for hydroxylation is 2. The maximum atomic E-state index is 4.99. The van der Waals surface area contributed by atoms with E-state index in [9.17, 15) is 0 Å². The molecule has 2 aliphatic carbocycles. The molecule has 1 aromatic heterocycles. The molecule has 2 aromatic carbocycles. The van der Waals surface area contributed by atoms with Gasteiger partial charge in [-0.1, -0.05) is 47.9 Å². The Labute approximate surface area is 150 Å². The van der Waals surface area contributed by atoms with Gasteiger partial charge < -0.3 is 0 Å². The van der Waals surface area contributed by atoms with Gasteiger partial charge in [0, 0.05) is 17.1 Å². The summed E-state index contributed by atoms with van der Waals surface area (Å²) < 4.78 is 0. The fraction of sp³-hybridized carbons (Fsp3) is 0.375. The largest absolute Gasteiger partial charge is 0.255 e. The van der Waals surface area contributed by atoms with Crippen LogP contribution in [0.4, 0.5) is 0 Å². The Kier molecular flexibility index (Phi) is 3.45. The maximum absolute atomic E-state index is 4.99. The van der Waals surface area contributed by atoms with Crippen LogP contribution in [0.25, 0.3) is 22.0 Å². The molecule has 126 valence electrons. The Hall–Kier alpha value is -2.15. The molecular weight excluding hydrogens is 302 g/mol. The average Bonchev–Trinajstić information content (AvgIpc) is 3.23. The van der Waals surface area contributed by atoms with Gasteiger partial charge in [-0.25, -0.2) is 0 Å². The molecule has 1 heterocycles. The molecule has 0 N–H and O–H groups in total. The van der Waals surface area contributed by atoms with Crippen LogP contribution in [0.1, 0.15) is 48.3 Å². The van der Waals surface area contributed by atoms with Crippen LogP contribution in [0.3, 0.4) is 0 Å². The zero-order chi connectivity index (χ0) is 17.0. The average molecular weight is 327 g/mol. The monoisotopic (exact) mass is 327 g/mol. The van der Waals surface area contributed by atoms with Gasteiger partial charge in [-0.3, -0.25) is 4.98 Å². The Morgan fingerprint density at radius 1 is 0.880 bits per heavy atom. The predicted molar refractivity (Wildman–Crippen MR) is 105 cm³/mol. The van der Waals surface area contributed by atoms with E-state index < -0.39 is 0 Å². The third kappa shape index (κ3) is 2.49. The molecule has 0 amide bonds. The fourth-order valence-corrected chi connectivity index (χ4v) is 5.48. The molecular formula is C24H25N. The fourth-order valence-electron chi connectivity index (χ4n) is 5.48. The summed E-state index contributed by atoms with van der Waals surface area (Å²) in [6.45, 7) is 4.34. The Balaban J connectivity index is 1.69. The van der Waals surface area contributed by atoms with Crippen molar-refractivity contribution in [3.63, 3.8) is 0 Å². The lowest BCUT2D eigenvalue weighted by Crippen LogP contribution is -2.09. The van der Waals surface area contributed by atoms with Crippen molar-refractivity contribution in [3.05, 3.63) is 65.4 Å². The van der Waals surface area contributed by atoms with Gasteiger partial charge in [0.25, 0.3) is 0 Å². The molecule has 3 unspecified atom stereocenters. The summed E-state index contributed by atoms with van der Waals surface area (Å²) in [5.41, 5.74) is 6.48. The first-order chi connectivity index (χ1) is 12.2. The molecule has 2 bridgehead atoms. The topological polar surface area (TPSA) is 12.9 Å². The second-order valence-electron chi connectivity index (χ2n) is 8.27. The first-order valence-corrected chi connectivity index (χ1v) is 9.65. The summed E-state index contributed by atoms with van der Waals surface area (Å²) in [7, 11) is 0. The van der Waals surface area contributed by atoms with Crippen LogP contribution in [0.2, 0.25) is 0 Å². The quantitative estimate of drug-likeness (QED) is 0.529. The number of fused-ring (bicyclic) bond motifs is 3. The lowest BCUT2D eigenvalue weighted by Gasteiger charge is -2.24. The Morgan fingerprint density at radius 3 is 2.32 bits per heavy atom. The van der Waals surface area contributed by atoms with E-state index in [0.717, 1.165) is 23.4 Å². The molecule has 3 atom stereocenters. The number of hydrogen-bond donors (Lipinski definition) is 0. The number of hydrogen-bond acceptors (Lipinski definition) is 1. The van der Waals surface area contributed by atoms with Gasteiger partial charge in [-0.05, 0) is 73.9 Å². The normalized spacial score (nSPS) is 25.0. The number of pyridine rings is 1. The number of nitrogens with zero attached hydrogens (tertiary/aromatic N) is 1. The second kappa shape index (κ2) is 5.69. The highest BCUT2D eigenvalue weighted by Gasteiger charge is 2.40. The van der Waals surface area contributed by atoms with Crippen LogP contribution >= 0.6 is 0 Å². The van der Waals surface area contributed by atoms with E-state index in [1.165, 1.54) is 58.7 Å². The van der Waals surface area contributed by atoms with E-state index >= 15 is 0 Å². The van der Waals surface area contributed by atoms with Crippen molar-refractivity contribution in [2.75, 3.05) is 0 Å². The third-order valence-electron chi connectivity index (χ3n) is 6.46. The summed E-state index contributed by atoms with van der Waals surface area (Å²) >= 11 is 0. The molecule has 2 fully saturated rings. The number of aromatic nitrogens is 1. The Morgan fingerprint density at radius 2 is 1.64 bits per heavy atom. The molecule has 1 nitrogen and oxygen atoms in total. The van der Waals surface area contributed by atoms with E-state index in [4.69, 9.17) is 4.98 Å². The SMILES string of the molecule is Cc1cc(C)cc(-c2ncc(C3CC4CCC3C4)c3ccccc23)c1. The van der Waals surface area contributed by atoms with Crippen LogP contribution < -0.4 is 0 Å². The van der Waals surface area contributed by atoms with Gasteiger partial charge in [0.2, 0.25) is 0 Å². The highest BCUT2D eigenvalue weighted by molar-refractivity contribution is 5.96. The summed E-state index contributed by atoms with van der Waals surface area (Å²) in [5, 5.41) is 2.73. The van der Waals surface area contributed by atoms with Crippen molar-refractivity contribution in [1.82, 2.24) is 4.98 Å². The van der Waals surface area contributed by atoms with Crippen molar-refractivity contribution in [2.45, 2.75) is 45.4 Å². The van der Waals surface area contributed by atoms with Gasteiger partial charge in [-0.15, -0.1) is 0 Å². The van der Waals surface area contributed by atoms with Crippen molar-refractivity contribution in [2.24, 2.45) is 11.8 Å². The van der Waals surface area contributed by atoms with Crippen molar-refractivity contribution in [3.8, 4) is 11.3 Å². The highest BCUT2D eigenvalue weighted by atomic mass is 14.7. The van der Waals surface area contributed by atoms with Crippen molar-refractivity contribution in [1.29, 1.82) is 0 Å². The van der Waals surface area contributed by atoms with Gasteiger partial charge >= 0.3 is 0 Å². The maximum Gasteiger partial charge on any atom is 0.0780 e. The zero-order valence-corrected chi connectivity index (χ0v) is 15.1. The first kappa shape index (κ1) is 15.1. The van der Waals surface area contributed by atoms with Crippen LogP contribution in [0, 0.1) is 25.7 Å². The zero-order valence-electron chi connectivity index (χ0n) is 15.1. The van der Waals surface area contributed by atoms with E-state index in [-0.39, 0.29) is 0 Å². The molecule has 0 aliphatic heterocycles. The first-order valence-electron chi connectivity index (χ1n) is 9.65. The molecule has 25 heavy (non-hydrogen) atoms. The smallest absolute Gasteiger partial charge is 0.0780 e. The molecule has 0 radical (unpaired) electrons. The number of rotatable bonds is 2. The molecule has 1 heteroatoms. The minimum absolute atomic E-state index is 0.726. The molecule has 0 spiro atoms. The standard InChI is InChI=1S/C24H25N/c1-15-9-16(2)11-19(10-15)24-21-6-4-3-5-20(21)23(14-25-24)22-13-17-7-8-18(22)12-17/h3-6,9-11,14,17-18,22H,7-8,12-13H2,1-2H3. The van der Waals surface area contributed by atoms with Crippen molar-refractivity contribution >= 4 is 10.8 Å². The minimum Gasteiger partial charge on any atom is -0.255 e. The lowest BCUT2D eigenvalue weighted by molar-refractivity contribution is 0.421. The van der Waals surface area contributed by atoms with Gasteiger partial charge in [-0.2, -0.15) is 0 Å². The summed E-state index contributed by atoms with van der Waals surface area (Å²) in [5.74, 6) is 2.58. The van der Waals surface area contributed by atoms with E-state index in [2.05, 4.69) is 62.5 Å². The summed E-state index contributed by atoms with van der Waals surface area (Å²) in [6.07, 6.45) is 7.88. The van der Waals surface area contributed by atoms with Crippen LogP contribution in [-0.4, -0.2) is 4.98 Å². The van der Waals surface area contributed by atoms with Gasteiger partial charge in [0.05, 0.1) is 5.69 Å². The second-order valence-corrected chi connectivity index (χ2v) is 8.27. The van der Waals surface area contributed by atoms with Gasteiger partial charge in [0.15, 0.2) is 0 Å². The van der Waals surface area contributed by atoms with Crippen LogP contribution in [-0.2, 0) is 0 Å². The van der Waals surface area contributed by atoms with Crippen LogP contribution in [0.15, 0.2) is 48.7 Å². The van der Waals surface area contributed by atoms with Gasteiger partial charge in [0.1, 0.15) is 0 Å². The van der Waals surface area contributed by atoms with Crippen LogP contribution in [0.5, 0.6) is 0 Å². The number of benzene rings is 2. The summed E-state index contributed by atoms with van der Waals surface area (Å²) in [6, 6.07) is 15.7. The molecule has 0 saturated heterocycles. The molecule has 3 aromatic rings. The Bertz CT molecular complexity index is 935. The highest BCUT2D eigenvalue weighted by Crippen LogP contribution is 2.54. The summed E-state index contributed by atoms with van der Waals surface area (Å²) in [4.78, 5) is 4.99. The molecule has 5 rings (SSSR count). The third-order valence-corrected chi connectivity index (χ3v) is 6.46. The van der Waals surface area contributed by atoms with E-state index in [1.54, 1.807) is 0 Å². The molecule has 2 aliphatic rings.